The van der Waals surface area contributed by atoms with Gasteiger partial charge in [0.1, 0.15) is 0 Å². The van der Waals surface area contributed by atoms with Gasteiger partial charge < -0.3 is 10.0 Å². The van der Waals surface area contributed by atoms with E-state index in [1.165, 1.54) is 18.5 Å². The van der Waals surface area contributed by atoms with Crippen LogP contribution in [0, 0.1) is 5.41 Å². The van der Waals surface area contributed by atoms with Gasteiger partial charge in [0.25, 0.3) is 0 Å². The summed E-state index contributed by atoms with van der Waals surface area (Å²) in [4.78, 5) is 2.44. The molecule has 2 nitrogen and oxygen atoms in total. The van der Waals surface area contributed by atoms with Crippen molar-refractivity contribution in [2.45, 2.75) is 46.1 Å². The third kappa shape index (κ3) is 2.86. The standard InChI is InChI=1S/C16H25NO/c1-4-15(18)13-8-5-6-9-14(13)17-11-7-10-16(2,3)12-17/h5-6,8-9,15,18H,4,7,10-12H2,1-3H3. The Morgan fingerprint density at radius 3 is 2.72 bits per heavy atom. The van der Waals surface area contributed by atoms with E-state index < -0.39 is 0 Å². The van der Waals surface area contributed by atoms with Crippen LogP contribution in [-0.4, -0.2) is 18.2 Å². The van der Waals surface area contributed by atoms with Gasteiger partial charge in [-0.3, -0.25) is 0 Å². The topological polar surface area (TPSA) is 23.5 Å². The summed E-state index contributed by atoms with van der Waals surface area (Å²) in [5, 5.41) is 10.1. The minimum absolute atomic E-state index is 0.341. The lowest BCUT2D eigenvalue weighted by molar-refractivity contribution is 0.173. The first-order valence-corrected chi connectivity index (χ1v) is 7.05. The Morgan fingerprint density at radius 2 is 2.06 bits per heavy atom. The molecule has 2 rings (SSSR count). The summed E-state index contributed by atoms with van der Waals surface area (Å²) in [5.41, 5.74) is 2.68. The van der Waals surface area contributed by atoms with E-state index in [4.69, 9.17) is 0 Å². The number of aliphatic hydroxyl groups is 1. The molecule has 0 amide bonds. The molecule has 0 saturated carbocycles. The number of nitrogens with zero attached hydrogens (tertiary/aromatic N) is 1. The zero-order valence-corrected chi connectivity index (χ0v) is 11.8. The summed E-state index contributed by atoms with van der Waals surface area (Å²) in [6.07, 6.45) is 2.96. The first-order valence-electron chi connectivity index (χ1n) is 7.05. The highest BCUT2D eigenvalue weighted by atomic mass is 16.3. The largest absolute Gasteiger partial charge is 0.388 e. The second kappa shape index (κ2) is 5.31. The van der Waals surface area contributed by atoms with Crippen molar-refractivity contribution in [3.8, 4) is 0 Å². The van der Waals surface area contributed by atoms with E-state index in [9.17, 15) is 5.11 Å². The van der Waals surface area contributed by atoms with Crippen LogP contribution in [0.4, 0.5) is 5.69 Å². The first kappa shape index (κ1) is 13.4. The number of anilines is 1. The summed E-state index contributed by atoms with van der Waals surface area (Å²) in [5.74, 6) is 0. The normalized spacial score (nSPS) is 20.8. The van der Waals surface area contributed by atoms with Crippen molar-refractivity contribution in [2.24, 2.45) is 5.41 Å². The lowest BCUT2D eigenvalue weighted by atomic mass is 9.83. The molecular weight excluding hydrogens is 222 g/mol. The molecule has 18 heavy (non-hydrogen) atoms. The van der Waals surface area contributed by atoms with Gasteiger partial charge in [0.2, 0.25) is 0 Å². The van der Waals surface area contributed by atoms with Crippen molar-refractivity contribution in [3.05, 3.63) is 29.8 Å². The molecule has 100 valence electrons. The number of para-hydroxylation sites is 1. The second-order valence-corrected chi connectivity index (χ2v) is 6.17. The van der Waals surface area contributed by atoms with Crippen molar-refractivity contribution in [1.82, 2.24) is 0 Å². The van der Waals surface area contributed by atoms with Crippen molar-refractivity contribution in [3.63, 3.8) is 0 Å². The van der Waals surface area contributed by atoms with Crippen LogP contribution in [0.15, 0.2) is 24.3 Å². The molecule has 1 aliphatic heterocycles. The van der Waals surface area contributed by atoms with Crippen molar-refractivity contribution in [1.29, 1.82) is 0 Å². The molecule has 1 aliphatic rings. The average Bonchev–Trinajstić information content (AvgIpc) is 2.36. The maximum absolute atomic E-state index is 10.1. The summed E-state index contributed by atoms with van der Waals surface area (Å²) in [6.45, 7) is 8.88. The maximum atomic E-state index is 10.1. The minimum atomic E-state index is -0.341. The molecule has 2 heteroatoms. The highest BCUT2D eigenvalue weighted by molar-refractivity contribution is 5.55. The van der Waals surface area contributed by atoms with Gasteiger partial charge in [-0.1, -0.05) is 39.0 Å². The quantitative estimate of drug-likeness (QED) is 0.879. The molecule has 1 aromatic rings. The predicted molar refractivity (Wildman–Crippen MR) is 76.9 cm³/mol. The molecule has 1 atom stereocenters. The van der Waals surface area contributed by atoms with Crippen LogP contribution in [-0.2, 0) is 0 Å². The van der Waals surface area contributed by atoms with Gasteiger partial charge in [0.05, 0.1) is 6.10 Å². The molecule has 0 aromatic heterocycles. The monoisotopic (exact) mass is 247 g/mol. The number of hydrogen-bond donors (Lipinski definition) is 1. The Bertz CT molecular complexity index is 400. The van der Waals surface area contributed by atoms with E-state index >= 15 is 0 Å². The van der Waals surface area contributed by atoms with Crippen LogP contribution in [0.5, 0.6) is 0 Å². The summed E-state index contributed by atoms with van der Waals surface area (Å²) in [7, 11) is 0. The highest BCUT2D eigenvalue weighted by Gasteiger charge is 2.28. The second-order valence-electron chi connectivity index (χ2n) is 6.17. The van der Waals surface area contributed by atoms with Crippen LogP contribution in [0.3, 0.4) is 0 Å². The van der Waals surface area contributed by atoms with Crippen LogP contribution < -0.4 is 4.90 Å². The van der Waals surface area contributed by atoms with Gasteiger partial charge in [0.15, 0.2) is 0 Å². The Morgan fingerprint density at radius 1 is 1.33 bits per heavy atom. The molecule has 1 N–H and O–H groups in total. The first-order chi connectivity index (χ1) is 8.53. The van der Waals surface area contributed by atoms with E-state index in [0.29, 0.717) is 5.41 Å². The SMILES string of the molecule is CCC(O)c1ccccc1N1CCCC(C)(C)C1. The fourth-order valence-corrected chi connectivity index (χ4v) is 2.91. The van der Waals surface area contributed by atoms with Crippen molar-refractivity contribution >= 4 is 5.69 Å². The van der Waals surface area contributed by atoms with Crippen LogP contribution in [0.1, 0.15) is 51.7 Å². The molecule has 1 heterocycles. The molecule has 1 aromatic carbocycles. The Balaban J connectivity index is 2.27. The number of aliphatic hydroxyl groups excluding tert-OH is 1. The van der Waals surface area contributed by atoms with Crippen LogP contribution >= 0.6 is 0 Å². The molecule has 0 spiro atoms. The van der Waals surface area contributed by atoms with Crippen molar-refractivity contribution in [2.75, 3.05) is 18.0 Å². The van der Waals surface area contributed by atoms with Gasteiger partial charge >= 0.3 is 0 Å². The Labute approximate surface area is 111 Å². The van der Waals surface area contributed by atoms with E-state index in [2.05, 4.69) is 36.9 Å². The highest BCUT2D eigenvalue weighted by Crippen LogP contribution is 2.35. The lowest BCUT2D eigenvalue weighted by Crippen LogP contribution is -2.40. The Hall–Kier alpha value is -1.02. The summed E-state index contributed by atoms with van der Waals surface area (Å²) in [6, 6.07) is 8.30. The third-order valence-electron chi connectivity index (χ3n) is 3.92. The molecule has 1 saturated heterocycles. The van der Waals surface area contributed by atoms with Gasteiger partial charge in [0, 0.05) is 24.3 Å². The third-order valence-corrected chi connectivity index (χ3v) is 3.92. The van der Waals surface area contributed by atoms with E-state index in [-0.39, 0.29) is 6.10 Å². The predicted octanol–water partition coefficient (Wildman–Crippen LogP) is 3.76. The fraction of sp³-hybridized carbons (Fsp3) is 0.625. The van der Waals surface area contributed by atoms with Crippen LogP contribution in [0.25, 0.3) is 0 Å². The van der Waals surface area contributed by atoms with E-state index in [1.807, 2.05) is 13.0 Å². The van der Waals surface area contributed by atoms with Crippen molar-refractivity contribution < 1.29 is 5.11 Å². The van der Waals surface area contributed by atoms with Gasteiger partial charge in [-0.2, -0.15) is 0 Å². The smallest absolute Gasteiger partial charge is 0.0807 e. The van der Waals surface area contributed by atoms with E-state index in [1.54, 1.807) is 0 Å². The molecule has 0 aliphatic carbocycles. The molecule has 1 fully saturated rings. The number of piperidine rings is 1. The molecule has 0 bridgehead atoms. The Kier molecular flexibility index (Phi) is 3.96. The average molecular weight is 247 g/mol. The minimum Gasteiger partial charge on any atom is -0.388 e. The number of benzene rings is 1. The lowest BCUT2D eigenvalue weighted by Gasteiger charge is -2.40. The van der Waals surface area contributed by atoms with Gasteiger partial charge in [-0.15, -0.1) is 0 Å². The van der Waals surface area contributed by atoms with E-state index in [0.717, 1.165) is 25.1 Å². The molecular formula is C16H25NO. The molecule has 0 radical (unpaired) electrons. The van der Waals surface area contributed by atoms with Gasteiger partial charge in [-0.05, 0) is 30.7 Å². The fourth-order valence-electron chi connectivity index (χ4n) is 2.91. The van der Waals surface area contributed by atoms with Crippen LogP contribution in [0.2, 0.25) is 0 Å². The number of rotatable bonds is 3. The maximum Gasteiger partial charge on any atom is 0.0807 e. The number of hydrogen-bond acceptors (Lipinski definition) is 2. The zero-order chi connectivity index (χ0) is 13.2. The van der Waals surface area contributed by atoms with Gasteiger partial charge in [-0.25, -0.2) is 0 Å². The summed E-state index contributed by atoms with van der Waals surface area (Å²) >= 11 is 0. The zero-order valence-electron chi connectivity index (χ0n) is 11.8. The molecule has 1 unspecified atom stereocenters. The summed E-state index contributed by atoms with van der Waals surface area (Å²) < 4.78 is 0.